The number of ether oxygens (including phenoxy) is 1. The first-order chi connectivity index (χ1) is 8.52. The molecule has 0 bridgehead atoms. The highest BCUT2D eigenvalue weighted by atomic mass is 19.2. The van der Waals surface area contributed by atoms with Gasteiger partial charge in [-0.25, -0.2) is 8.78 Å². The largest absolute Gasteiger partial charge is 0.503 e. The third-order valence-corrected chi connectivity index (χ3v) is 2.66. The van der Waals surface area contributed by atoms with Gasteiger partial charge in [-0.1, -0.05) is 0 Å². The number of halogens is 3. The van der Waals surface area contributed by atoms with Crippen LogP contribution in [0, 0.1) is 17.5 Å². The van der Waals surface area contributed by atoms with Gasteiger partial charge in [0.25, 0.3) is 5.91 Å². The van der Waals surface area contributed by atoms with Crippen molar-refractivity contribution in [2.24, 2.45) is 0 Å². The maximum Gasteiger partial charge on any atom is 0.257 e. The predicted octanol–water partition coefficient (Wildman–Crippen LogP) is 1.28. The van der Waals surface area contributed by atoms with Crippen LogP contribution in [0.2, 0.25) is 0 Å². The molecule has 2 rings (SSSR count). The molecule has 1 aromatic carbocycles. The van der Waals surface area contributed by atoms with Crippen molar-refractivity contribution >= 4 is 5.91 Å². The Labute approximate surface area is 101 Å². The number of aromatic hydroxyl groups is 1. The van der Waals surface area contributed by atoms with Crippen molar-refractivity contribution in [3.8, 4) is 5.75 Å². The number of benzene rings is 1. The van der Waals surface area contributed by atoms with Crippen LogP contribution in [-0.4, -0.2) is 42.2 Å². The van der Waals surface area contributed by atoms with E-state index in [1.54, 1.807) is 0 Å². The van der Waals surface area contributed by atoms with E-state index in [9.17, 15) is 18.0 Å². The quantitative estimate of drug-likeness (QED) is 0.775. The van der Waals surface area contributed by atoms with Crippen molar-refractivity contribution in [1.82, 2.24) is 4.90 Å². The minimum atomic E-state index is -1.70. The third kappa shape index (κ3) is 2.13. The molecule has 0 aliphatic carbocycles. The van der Waals surface area contributed by atoms with Gasteiger partial charge in [0.2, 0.25) is 5.82 Å². The van der Waals surface area contributed by atoms with Gasteiger partial charge in [-0.3, -0.25) is 4.79 Å². The van der Waals surface area contributed by atoms with Gasteiger partial charge >= 0.3 is 0 Å². The summed E-state index contributed by atoms with van der Waals surface area (Å²) in [7, 11) is 0. The molecule has 0 radical (unpaired) electrons. The van der Waals surface area contributed by atoms with Crippen LogP contribution in [0.5, 0.6) is 5.75 Å². The van der Waals surface area contributed by atoms with Crippen LogP contribution in [0.1, 0.15) is 10.4 Å². The topological polar surface area (TPSA) is 49.8 Å². The molecule has 1 heterocycles. The van der Waals surface area contributed by atoms with E-state index in [-0.39, 0.29) is 13.1 Å². The van der Waals surface area contributed by atoms with Gasteiger partial charge in [-0.2, -0.15) is 4.39 Å². The average Bonchev–Trinajstić information content (AvgIpc) is 2.41. The molecule has 98 valence electrons. The minimum absolute atomic E-state index is 0.234. The Bertz CT molecular complexity index is 487. The van der Waals surface area contributed by atoms with Crippen molar-refractivity contribution in [2.45, 2.75) is 0 Å². The molecule has 1 N–H and O–H groups in total. The SMILES string of the molecule is O=C(c1cc(F)c(F)c(O)c1F)N1CCOCC1. The number of rotatable bonds is 1. The zero-order chi connectivity index (χ0) is 13.3. The fraction of sp³-hybridized carbons (Fsp3) is 0.364. The molecule has 18 heavy (non-hydrogen) atoms. The number of morpholine rings is 1. The lowest BCUT2D eigenvalue weighted by Crippen LogP contribution is -2.41. The van der Waals surface area contributed by atoms with Gasteiger partial charge in [0.15, 0.2) is 17.4 Å². The summed E-state index contributed by atoms with van der Waals surface area (Å²) >= 11 is 0. The summed E-state index contributed by atoms with van der Waals surface area (Å²) in [6, 6.07) is 0.447. The standard InChI is InChI=1S/C11H10F3NO3/c12-7-5-6(8(13)10(16)9(7)14)11(17)15-1-3-18-4-2-15/h5,16H,1-4H2. The number of amides is 1. The fourth-order valence-corrected chi connectivity index (χ4v) is 1.68. The van der Waals surface area contributed by atoms with Crippen molar-refractivity contribution in [3.63, 3.8) is 0 Å². The second kappa shape index (κ2) is 4.85. The highest BCUT2D eigenvalue weighted by Crippen LogP contribution is 2.26. The van der Waals surface area contributed by atoms with Crippen LogP contribution in [-0.2, 0) is 4.74 Å². The molecule has 7 heteroatoms. The van der Waals surface area contributed by atoms with Gasteiger partial charge in [0.1, 0.15) is 0 Å². The lowest BCUT2D eigenvalue weighted by Gasteiger charge is -2.27. The Balaban J connectivity index is 2.35. The van der Waals surface area contributed by atoms with Crippen LogP contribution in [0.15, 0.2) is 6.07 Å². The molecule has 0 unspecified atom stereocenters. The molecule has 1 aliphatic heterocycles. The second-order valence-electron chi connectivity index (χ2n) is 3.79. The molecule has 4 nitrogen and oxygen atoms in total. The normalized spacial score (nSPS) is 15.8. The van der Waals surface area contributed by atoms with E-state index in [1.165, 1.54) is 4.90 Å². The number of phenolic OH excluding ortho intramolecular Hbond substituents is 1. The van der Waals surface area contributed by atoms with E-state index >= 15 is 0 Å². The minimum Gasteiger partial charge on any atom is -0.503 e. The van der Waals surface area contributed by atoms with Gasteiger partial charge in [-0.15, -0.1) is 0 Å². The van der Waals surface area contributed by atoms with Crippen LogP contribution >= 0.6 is 0 Å². The van der Waals surface area contributed by atoms with E-state index in [0.717, 1.165) is 0 Å². The third-order valence-electron chi connectivity index (χ3n) is 2.66. The lowest BCUT2D eigenvalue weighted by atomic mass is 10.1. The van der Waals surface area contributed by atoms with Crippen LogP contribution < -0.4 is 0 Å². The Hall–Kier alpha value is -1.76. The monoisotopic (exact) mass is 261 g/mol. The van der Waals surface area contributed by atoms with Crippen LogP contribution in [0.25, 0.3) is 0 Å². The summed E-state index contributed by atoms with van der Waals surface area (Å²) in [6.45, 7) is 1.06. The Kier molecular flexibility index (Phi) is 3.42. The van der Waals surface area contributed by atoms with E-state index in [2.05, 4.69) is 0 Å². The molecule has 0 aromatic heterocycles. The van der Waals surface area contributed by atoms with E-state index in [4.69, 9.17) is 9.84 Å². The first kappa shape index (κ1) is 12.7. The summed E-state index contributed by atoms with van der Waals surface area (Å²) in [4.78, 5) is 13.1. The van der Waals surface area contributed by atoms with Gasteiger partial charge in [-0.05, 0) is 6.07 Å². The predicted molar refractivity (Wildman–Crippen MR) is 54.7 cm³/mol. The lowest BCUT2D eigenvalue weighted by molar-refractivity contribution is 0.0299. The first-order valence-electron chi connectivity index (χ1n) is 5.26. The van der Waals surface area contributed by atoms with Crippen LogP contribution in [0.4, 0.5) is 13.2 Å². The molecule has 1 saturated heterocycles. The maximum absolute atomic E-state index is 13.5. The number of nitrogens with zero attached hydrogens (tertiary/aromatic N) is 1. The molecule has 0 atom stereocenters. The van der Waals surface area contributed by atoms with Crippen molar-refractivity contribution < 1.29 is 27.8 Å². The molecule has 0 spiro atoms. The van der Waals surface area contributed by atoms with Crippen LogP contribution in [0.3, 0.4) is 0 Å². The summed E-state index contributed by atoms with van der Waals surface area (Å²) in [6.07, 6.45) is 0. The summed E-state index contributed by atoms with van der Waals surface area (Å²) in [5.41, 5.74) is -0.687. The van der Waals surface area contributed by atoms with E-state index in [0.29, 0.717) is 19.3 Å². The Morgan fingerprint density at radius 1 is 1.22 bits per heavy atom. The molecule has 1 aliphatic rings. The number of carbonyl (C=O) groups excluding carboxylic acids is 1. The Morgan fingerprint density at radius 3 is 2.44 bits per heavy atom. The molecular weight excluding hydrogens is 251 g/mol. The summed E-state index contributed by atoms with van der Waals surface area (Å²) in [5, 5.41) is 9.03. The highest BCUT2D eigenvalue weighted by Gasteiger charge is 2.26. The number of hydrogen-bond donors (Lipinski definition) is 1. The second-order valence-corrected chi connectivity index (χ2v) is 3.79. The van der Waals surface area contributed by atoms with Gasteiger partial charge in [0, 0.05) is 13.1 Å². The molecule has 1 amide bonds. The van der Waals surface area contributed by atoms with Crippen molar-refractivity contribution in [2.75, 3.05) is 26.3 Å². The maximum atomic E-state index is 13.5. The number of phenols is 1. The summed E-state index contributed by atoms with van der Waals surface area (Å²) in [5.74, 6) is -6.90. The highest BCUT2D eigenvalue weighted by molar-refractivity contribution is 5.95. The zero-order valence-corrected chi connectivity index (χ0v) is 9.25. The smallest absolute Gasteiger partial charge is 0.257 e. The number of hydrogen-bond acceptors (Lipinski definition) is 3. The average molecular weight is 261 g/mol. The van der Waals surface area contributed by atoms with Gasteiger partial charge < -0.3 is 14.7 Å². The Morgan fingerprint density at radius 2 is 1.83 bits per heavy atom. The zero-order valence-electron chi connectivity index (χ0n) is 9.25. The van der Waals surface area contributed by atoms with E-state index < -0.39 is 34.7 Å². The number of carbonyl (C=O) groups is 1. The fourth-order valence-electron chi connectivity index (χ4n) is 1.68. The van der Waals surface area contributed by atoms with Gasteiger partial charge in [0.05, 0.1) is 18.8 Å². The molecule has 1 fully saturated rings. The van der Waals surface area contributed by atoms with Crippen molar-refractivity contribution in [3.05, 3.63) is 29.1 Å². The summed E-state index contributed by atoms with van der Waals surface area (Å²) < 4.78 is 44.4. The van der Waals surface area contributed by atoms with Crippen molar-refractivity contribution in [1.29, 1.82) is 0 Å². The van der Waals surface area contributed by atoms with E-state index in [1.807, 2.05) is 0 Å². The molecular formula is C11H10F3NO3. The molecule has 1 aromatic rings. The first-order valence-corrected chi connectivity index (χ1v) is 5.26. The molecule has 0 saturated carbocycles.